The van der Waals surface area contributed by atoms with Gasteiger partial charge in [-0.2, -0.15) is 0 Å². The third-order valence-corrected chi connectivity index (χ3v) is 3.29. The van der Waals surface area contributed by atoms with Crippen LogP contribution in [0.25, 0.3) is 0 Å². The lowest BCUT2D eigenvalue weighted by molar-refractivity contribution is -0.126. The predicted molar refractivity (Wildman–Crippen MR) is 89.2 cm³/mol. The number of hydrogen-bond acceptors (Lipinski definition) is 3. The first kappa shape index (κ1) is 20.0. The van der Waals surface area contributed by atoms with Gasteiger partial charge in [-0.3, -0.25) is 4.79 Å². The van der Waals surface area contributed by atoms with Crippen molar-refractivity contribution < 1.29 is 9.53 Å². The van der Waals surface area contributed by atoms with Crippen molar-refractivity contribution >= 4 is 29.9 Å². The lowest BCUT2D eigenvalue weighted by atomic mass is 9.96. The summed E-state index contributed by atoms with van der Waals surface area (Å²) in [6.45, 7) is 6.58. The third-order valence-electron chi connectivity index (χ3n) is 3.06. The van der Waals surface area contributed by atoms with Gasteiger partial charge in [-0.15, -0.1) is 12.4 Å². The highest BCUT2D eigenvalue weighted by atomic mass is 35.5. The molecule has 1 atom stereocenters. The number of nitrogens with two attached hydrogens (primary N) is 1. The Morgan fingerprint density at radius 3 is 2.67 bits per heavy atom. The van der Waals surface area contributed by atoms with E-state index in [9.17, 15) is 4.79 Å². The van der Waals surface area contributed by atoms with Crippen molar-refractivity contribution in [1.29, 1.82) is 0 Å². The first-order chi connectivity index (χ1) is 9.40. The molecule has 1 unspecified atom stereocenters. The molecular formula is C15H24Cl2N2O2. The second-order valence-electron chi connectivity index (χ2n) is 5.04. The molecule has 0 aromatic heterocycles. The molecule has 1 aromatic rings. The van der Waals surface area contributed by atoms with E-state index in [1.54, 1.807) is 19.1 Å². The van der Waals surface area contributed by atoms with Gasteiger partial charge in [0.15, 0.2) is 0 Å². The number of benzene rings is 1. The van der Waals surface area contributed by atoms with Gasteiger partial charge in [0.25, 0.3) is 0 Å². The summed E-state index contributed by atoms with van der Waals surface area (Å²) >= 11 is 5.94. The Morgan fingerprint density at radius 2 is 2.10 bits per heavy atom. The molecule has 0 aliphatic carbocycles. The summed E-state index contributed by atoms with van der Waals surface area (Å²) in [6.07, 6.45) is 1.52. The Balaban J connectivity index is 0.00000400. The van der Waals surface area contributed by atoms with E-state index in [-0.39, 0.29) is 18.3 Å². The fourth-order valence-corrected chi connectivity index (χ4v) is 2.14. The molecule has 1 aromatic carbocycles. The minimum absolute atomic E-state index is 0. The summed E-state index contributed by atoms with van der Waals surface area (Å²) in [5, 5.41) is 3.46. The Kier molecular flexibility index (Phi) is 8.71. The molecule has 21 heavy (non-hydrogen) atoms. The molecule has 0 fully saturated rings. The molecule has 0 spiro atoms. The molecular weight excluding hydrogens is 311 g/mol. The molecule has 0 saturated heterocycles. The topological polar surface area (TPSA) is 64.4 Å². The first-order valence-corrected chi connectivity index (χ1v) is 7.27. The van der Waals surface area contributed by atoms with E-state index in [1.165, 1.54) is 0 Å². The number of halogens is 2. The summed E-state index contributed by atoms with van der Waals surface area (Å²) < 4.78 is 5.52. The molecule has 0 aliphatic heterocycles. The standard InChI is InChI=1S/C15H23ClN2O2.ClH/c1-4-8-15(3,17)14(19)18-10-11-6-7-12(16)9-13(11)20-5-2;/h6-7,9H,4-5,8,10,17H2,1-3H3,(H,18,19);1H. The largest absolute Gasteiger partial charge is 0.493 e. The van der Waals surface area contributed by atoms with Crippen molar-refractivity contribution in [3.63, 3.8) is 0 Å². The number of hydrogen-bond donors (Lipinski definition) is 2. The smallest absolute Gasteiger partial charge is 0.240 e. The molecule has 0 bridgehead atoms. The minimum Gasteiger partial charge on any atom is -0.493 e. The number of carbonyl (C=O) groups excluding carboxylic acids is 1. The number of amides is 1. The third kappa shape index (κ3) is 6.12. The second kappa shape index (κ2) is 9.13. The predicted octanol–water partition coefficient (Wildman–Crippen LogP) is 3.29. The van der Waals surface area contributed by atoms with Gasteiger partial charge in [-0.1, -0.05) is 31.0 Å². The summed E-state index contributed by atoms with van der Waals surface area (Å²) in [7, 11) is 0. The quantitative estimate of drug-likeness (QED) is 0.804. The highest BCUT2D eigenvalue weighted by Crippen LogP contribution is 2.23. The van der Waals surface area contributed by atoms with Crippen LogP contribution in [0, 0.1) is 0 Å². The Morgan fingerprint density at radius 1 is 1.43 bits per heavy atom. The maximum absolute atomic E-state index is 12.1. The van der Waals surface area contributed by atoms with Crippen LogP contribution in [0.2, 0.25) is 5.02 Å². The highest BCUT2D eigenvalue weighted by Gasteiger charge is 2.26. The van der Waals surface area contributed by atoms with E-state index in [4.69, 9.17) is 22.1 Å². The van der Waals surface area contributed by atoms with Crippen molar-refractivity contribution in [3.05, 3.63) is 28.8 Å². The summed E-state index contributed by atoms with van der Waals surface area (Å²) in [5.74, 6) is 0.534. The number of nitrogens with one attached hydrogen (secondary N) is 1. The van der Waals surface area contributed by atoms with E-state index >= 15 is 0 Å². The Bertz CT molecular complexity index is 465. The fraction of sp³-hybridized carbons (Fsp3) is 0.533. The van der Waals surface area contributed by atoms with Crippen LogP contribution in [-0.4, -0.2) is 18.1 Å². The van der Waals surface area contributed by atoms with Crippen molar-refractivity contribution in [2.24, 2.45) is 5.73 Å². The van der Waals surface area contributed by atoms with E-state index in [1.807, 2.05) is 19.9 Å². The summed E-state index contributed by atoms with van der Waals surface area (Å²) in [5.41, 5.74) is 6.04. The maximum Gasteiger partial charge on any atom is 0.240 e. The van der Waals surface area contributed by atoms with Crippen LogP contribution in [0.15, 0.2) is 18.2 Å². The van der Waals surface area contributed by atoms with E-state index in [0.29, 0.717) is 30.3 Å². The normalized spacial score (nSPS) is 13.0. The minimum atomic E-state index is -0.840. The monoisotopic (exact) mass is 334 g/mol. The van der Waals surface area contributed by atoms with Gasteiger partial charge in [-0.25, -0.2) is 0 Å². The molecule has 0 heterocycles. The van der Waals surface area contributed by atoms with Gasteiger partial charge in [0.1, 0.15) is 5.75 Å². The molecule has 3 N–H and O–H groups in total. The Hall–Kier alpha value is -0.970. The van der Waals surface area contributed by atoms with Crippen LogP contribution in [0.1, 0.15) is 39.2 Å². The van der Waals surface area contributed by atoms with Crippen molar-refractivity contribution in [2.75, 3.05) is 6.61 Å². The zero-order chi connectivity index (χ0) is 15.2. The van der Waals surface area contributed by atoms with Crippen LogP contribution in [0.5, 0.6) is 5.75 Å². The first-order valence-electron chi connectivity index (χ1n) is 6.89. The molecule has 0 saturated carbocycles. The van der Waals surface area contributed by atoms with Gasteiger partial charge in [-0.05, 0) is 32.4 Å². The molecule has 6 heteroatoms. The average Bonchev–Trinajstić information content (AvgIpc) is 2.37. The number of ether oxygens (including phenoxy) is 1. The van der Waals surface area contributed by atoms with Gasteiger partial charge in [0.05, 0.1) is 12.1 Å². The lowest BCUT2D eigenvalue weighted by Crippen LogP contribution is -2.51. The average molecular weight is 335 g/mol. The number of carbonyl (C=O) groups is 1. The van der Waals surface area contributed by atoms with Gasteiger partial charge < -0.3 is 15.8 Å². The van der Waals surface area contributed by atoms with Crippen LogP contribution >= 0.6 is 24.0 Å². The van der Waals surface area contributed by atoms with Crippen molar-refractivity contribution in [1.82, 2.24) is 5.32 Å². The molecule has 1 amide bonds. The molecule has 1 rings (SSSR count). The zero-order valence-electron chi connectivity index (χ0n) is 12.7. The molecule has 4 nitrogen and oxygen atoms in total. The lowest BCUT2D eigenvalue weighted by Gasteiger charge is -2.23. The van der Waals surface area contributed by atoms with Crippen LogP contribution in [0.4, 0.5) is 0 Å². The Labute approximate surface area is 137 Å². The van der Waals surface area contributed by atoms with Gasteiger partial charge in [0, 0.05) is 17.1 Å². The van der Waals surface area contributed by atoms with Crippen molar-refractivity contribution in [2.45, 2.75) is 45.7 Å². The van der Waals surface area contributed by atoms with Gasteiger partial charge >= 0.3 is 0 Å². The number of rotatable bonds is 7. The van der Waals surface area contributed by atoms with Crippen molar-refractivity contribution in [3.8, 4) is 5.75 Å². The van der Waals surface area contributed by atoms with Crippen LogP contribution in [-0.2, 0) is 11.3 Å². The fourth-order valence-electron chi connectivity index (χ4n) is 1.97. The summed E-state index contributed by atoms with van der Waals surface area (Å²) in [4.78, 5) is 12.1. The highest BCUT2D eigenvalue weighted by molar-refractivity contribution is 6.30. The summed E-state index contributed by atoms with van der Waals surface area (Å²) in [6, 6.07) is 5.38. The van der Waals surface area contributed by atoms with E-state index in [0.717, 1.165) is 12.0 Å². The molecule has 0 radical (unpaired) electrons. The van der Waals surface area contributed by atoms with E-state index in [2.05, 4.69) is 5.32 Å². The van der Waals surface area contributed by atoms with E-state index < -0.39 is 5.54 Å². The SMILES string of the molecule is CCCC(C)(N)C(=O)NCc1ccc(Cl)cc1OCC.Cl. The molecule has 0 aliphatic rings. The van der Waals surface area contributed by atoms with Crippen LogP contribution < -0.4 is 15.8 Å². The van der Waals surface area contributed by atoms with Crippen LogP contribution in [0.3, 0.4) is 0 Å². The molecule has 120 valence electrons. The van der Waals surface area contributed by atoms with Gasteiger partial charge in [0.2, 0.25) is 5.91 Å². The second-order valence-corrected chi connectivity index (χ2v) is 5.47. The zero-order valence-corrected chi connectivity index (χ0v) is 14.3. The maximum atomic E-state index is 12.1.